The molecule has 0 radical (unpaired) electrons. The van der Waals surface area contributed by atoms with Gasteiger partial charge in [-0.25, -0.2) is 14.5 Å². The SMILES string of the molecule is CC1=CC(O/C=C2\CCN(C(=O)OC(C)(C)C)C2=O)OC1=O. The standard InChI is InChI=1S/C15H19NO6/c1-9-7-11(21-13(9)18)20-8-10-5-6-16(12(10)17)14(19)22-15(2,3)4/h7-8,11H,5-6H2,1-4H3/b10-8+. The molecule has 2 aliphatic rings. The lowest BCUT2D eigenvalue weighted by atomic mass is 10.2. The highest BCUT2D eigenvalue weighted by atomic mass is 16.7. The molecule has 0 bridgehead atoms. The zero-order valence-electron chi connectivity index (χ0n) is 13.0. The van der Waals surface area contributed by atoms with E-state index in [0.717, 1.165) is 4.90 Å². The molecule has 0 saturated carbocycles. The molecule has 1 fully saturated rings. The highest BCUT2D eigenvalue weighted by Crippen LogP contribution is 2.22. The predicted octanol–water partition coefficient (Wildman–Crippen LogP) is 1.88. The van der Waals surface area contributed by atoms with Gasteiger partial charge in [0.05, 0.1) is 11.8 Å². The number of hydrogen-bond acceptors (Lipinski definition) is 6. The fourth-order valence-electron chi connectivity index (χ4n) is 1.94. The molecule has 0 aromatic rings. The summed E-state index contributed by atoms with van der Waals surface area (Å²) in [6.45, 7) is 7.04. The maximum absolute atomic E-state index is 12.1. The number of carbonyl (C=O) groups excluding carboxylic acids is 3. The van der Waals surface area contributed by atoms with Crippen molar-refractivity contribution in [2.45, 2.75) is 46.0 Å². The van der Waals surface area contributed by atoms with Gasteiger partial charge in [-0.2, -0.15) is 0 Å². The van der Waals surface area contributed by atoms with Crippen LogP contribution in [0.5, 0.6) is 0 Å². The first-order valence-electron chi connectivity index (χ1n) is 6.96. The lowest BCUT2D eigenvalue weighted by Gasteiger charge is -2.23. The van der Waals surface area contributed by atoms with Gasteiger partial charge in [0, 0.05) is 18.2 Å². The number of cyclic esters (lactones) is 1. The van der Waals surface area contributed by atoms with Crippen LogP contribution in [0.2, 0.25) is 0 Å². The van der Waals surface area contributed by atoms with Crippen molar-refractivity contribution in [1.29, 1.82) is 0 Å². The van der Waals surface area contributed by atoms with Crippen LogP contribution in [0.4, 0.5) is 4.79 Å². The van der Waals surface area contributed by atoms with Gasteiger partial charge in [-0.1, -0.05) is 0 Å². The predicted molar refractivity (Wildman–Crippen MR) is 75.4 cm³/mol. The molecular formula is C15H19NO6. The third-order valence-electron chi connectivity index (χ3n) is 3.01. The van der Waals surface area contributed by atoms with Crippen LogP contribution in [0.1, 0.15) is 34.1 Å². The van der Waals surface area contributed by atoms with Crippen molar-refractivity contribution in [2.75, 3.05) is 6.54 Å². The molecule has 0 N–H and O–H groups in total. The van der Waals surface area contributed by atoms with Gasteiger partial charge in [0.1, 0.15) is 5.60 Å². The normalized spacial score (nSPS) is 23.6. The molecule has 0 aromatic carbocycles. The number of ether oxygens (including phenoxy) is 3. The van der Waals surface area contributed by atoms with E-state index in [1.165, 1.54) is 12.3 Å². The van der Waals surface area contributed by atoms with Crippen molar-refractivity contribution >= 4 is 18.0 Å². The Balaban J connectivity index is 1.95. The van der Waals surface area contributed by atoms with E-state index in [0.29, 0.717) is 17.6 Å². The van der Waals surface area contributed by atoms with Gasteiger partial charge in [0.15, 0.2) is 0 Å². The molecule has 2 amide bonds. The summed E-state index contributed by atoms with van der Waals surface area (Å²) in [7, 11) is 0. The van der Waals surface area contributed by atoms with Gasteiger partial charge in [0.25, 0.3) is 12.2 Å². The first-order chi connectivity index (χ1) is 10.2. The van der Waals surface area contributed by atoms with Gasteiger partial charge in [-0.05, 0) is 34.1 Å². The van der Waals surface area contributed by atoms with Gasteiger partial charge in [-0.3, -0.25) is 4.79 Å². The lowest BCUT2D eigenvalue weighted by molar-refractivity contribution is -0.152. The molecule has 1 saturated heterocycles. The number of amides is 2. The minimum absolute atomic E-state index is 0.238. The molecular weight excluding hydrogens is 290 g/mol. The monoisotopic (exact) mass is 309 g/mol. The van der Waals surface area contributed by atoms with Crippen LogP contribution in [0.25, 0.3) is 0 Å². The van der Waals surface area contributed by atoms with Gasteiger partial charge < -0.3 is 14.2 Å². The maximum Gasteiger partial charge on any atom is 0.417 e. The molecule has 22 heavy (non-hydrogen) atoms. The zero-order chi connectivity index (χ0) is 16.5. The number of rotatable bonds is 2. The van der Waals surface area contributed by atoms with Crippen LogP contribution in [-0.2, 0) is 23.8 Å². The summed E-state index contributed by atoms with van der Waals surface area (Å²) in [5, 5.41) is 0. The van der Waals surface area contributed by atoms with Crippen LogP contribution >= 0.6 is 0 Å². The van der Waals surface area contributed by atoms with E-state index in [4.69, 9.17) is 14.2 Å². The summed E-state index contributed by atoms with van der Waals surface area (Å²) < 4.78 is 15.3. The van der Waals surface area contributed by atoms with E-state index >= 15 is 0 Å². The minimum Gasteiger partial charge on any atom is -0.458 e. The Labute approximate surface area is 128 Å². The van der Waals surface area contributed by atoms with Gasteiger partial charge >= 0.3 is 12.1 Å². The number of carbonyl (C=O) groups is 3. The molecule has 2 heterocycles. The average molecular weight is 309 g/mol. The Bertz CT molecular complexity index is 569. The van der Waals surface area contributed by atoms with Gasteiger partial charge in [-0.15, -0.1) is 0 Å². The van der Waals surface area contributed by atoms with E-state index in [1.807, 2.05) is 0 Å². The summed E-state index contributed by atoms with van der Waals surface area (Å²) in [5.74, 6) is -0.907. The first-order valence-corrected chi connectivity index (χ1v) is 6.96. The van der Waals surface area contributed by atoms with Crippen LogP contribution in [0, 0.1) is 0 Å². The molecule has 0 aromatic heterocycles. The van der Waals surface area contributed by atoms with E-state index in [9.17, 15) is 14.4 Å². The highest BCUT2D eigenvalue weighted by Gasteiger charge is 2.34. The molecule has 7 heteroatoms. The van der Waals surface area contributed by atoms with Crippen molar-refractivity contribution in [3.8, 4) is 0 Å². The third-order valence-corrected chi connectivity index (χ3v) is 3.01. The molecule has 0 spiro atoms. The topological polar surface area (TPSA) is 82.1 Å². The fourth-order valence-corrected chi connectivity index (χ4v) is 1.94. The van der Waals surface area contributed by atoms with Crippen molar-refractivity contribution in [3.05, 3.63) is 23.5 Å². The molecule has 2 rings (SSSR count). The second kappa shape index (κ2) is 5.82. The smallest absolute Gasteiger partial charge is 0.417 e. The first kappa shape index (κ1) is 16.1. The molecule has 2 aliphatic heterocycles. The summed E-state index contributed by atoms with van der Waals surface area (Å²) in [4.78, 5) is 36.2. The molecule has 120 valence electrons. The van der Waals surface area contributed by atoms with E-state index in [2.05, 4.69) is 0 Å². The Morgan fingerprint density at radius 1 is 1.41 bits per heavy atom. The second-order valence-electron chi connectivity index (χ2n) is 6.09. The third kappa shape index (κ3) is 3.66. The average Bonchev–Trinajstić information content (AvgIpc) is 2.89. The minimum atomic E-state index is -0.830. The Hall–Kier alpha value is -2.31. The van der Waals surface area contributed by atoms with Crippen molar-refractivity contribution in [3.63, 3.8) is 0 Å². The van der Waals surface area contributed by atoms with E-state index in [1.54, 1.807) is 27.7 Å². The summed E-state index contributed by atoms with van der Waals surface area (Å²) in [6.07, 6.45) is 1.61. The fraction of sp³-hybridized carbons (Fsp3) is 0.533. The summed E-state index contributed by atoms with van der Waals surface area (Å²) in [6, 6.07) is 0. The largest absolute Gasteiger partial charge is 0.458 e. The number of hydrogen-bond donors (Lipinski definition) is 0. The van der Waals surface area contributed by atoms with Crippen LogP contribution < -0.4 is 0 Å². The zero-order valence-corrected chi connectivity index (χ0v) is 13.0. The van der Waals surface area contributed by atoms with Crippen molar-refractivity contribution < 1.29 is 28.6 Å². The van der Waals surface area contributed by atoms with Crippen molar-refractivity contribution in [2.24, 2.45) is 0 Å². The molecule has 1 atom stereocenters. The molecule has 1 unspecified atom stereocenters. The van der Waals surface area contributed by atoms with Crippen LogP contribution in [0.15, 0.2) is 23.5 Å². The van der Waals surface area contributed by atoms with E-state index < -0.39 is 29.9 Å². The second-order valence-corrected chi connectivity index (χ2v) is 6.09. The highest BCUT2D eigenvalue weighted by molar-refractivity contribution is 6.04. The van der Waals surface area contributed by atoms with E-state index in [-0.39, 0.29) is 6.54 Å². The Kier molecular flexibility index (Phi) is 4.25. The van der Waals surface area contributed by atoms with Crippen LogP contribution in [0.3, 0.4) is 0 Å². The summed E-state index contributed by atoms with van der Waals surface area (Å²) >= 11 is 0. The van der Waals surface area contributed by atoms with Crippen molar-refractivity contribution in [1.82, 2.24) is 4.90 Å². The number of imide groups is 1. The number of likely N-dealkylation sites (tertiary alicyclic amines) is 1. The molecule has 7 nitrogen and oxygen atoms in total. The number of esters is 1. The molecule has 0 aliphatic carbocycles. The van der Waals surface area contributed by atoms with Crippen LogP contribution in [-0.4, -0.2) is 41.3 Å². The number of nitrogens with zero attached hydrogens (tertiary/aromatic N) is 1. The lowest BCUT2D eigenvalue weighted by Crippen LogP contribution is -2.37. The summed E-state index contributed by atoms with van der Waals surface area (Å²) in [5.41, 5.74) is 0.122. The maximum atomic E-state index is 12.1. The quantitative estimate of drug-likeness (QED) is 0.440. The Morgan fingerprint density at radius 2 is 2.09 bits per heavy atom. The Morgan fingerprint density at radius 3 is 2.64 bits per heavy atom. The van der Waals surface area contributed by atoms with Gasteiger partial charge in [0.2, 0.25) is 0 Å².